The predicted octanol–water partition coefficient (Wildman–Crippen LogP) is 3.88. The lowest BCUT2D eigenvalue weighted by atomic mass is 9.70. The minimum Gasteiger partial charge on any atom is -0.375 e. The van der Waals surface area contributed by atoms with Gasteiger partial charge in [0.25, 0.3) is 0 Å². The molecule has 1 aliphatic heterocycles. The number of hydrogen-bond acceptors (Lipinski definition) is 2. The van der Waals surface area contributed by atoms with Gasteiger partial charge in [0.15, 0.2) is 0 Å². The van der Waals surface area contributed by atoms with Gasteiger partial charge in [-0.05, 0) is 38.0 Å². The van der Waals surface area contributed by atoms with Gasteiger partial charge >= 0.3 is 0 Å². The van der Waals surface area contributed by atoms with Crippen molar-refractivity contribution < 1.29 is 9.53 Å². The van der Waals surface area contributed by atoms with Crippen LogP contribution in [-0.4, -0.2) is 18.0 Å². The fourth-order valence-corrected chi connectivity index (χ4v) is 4.06. The molecule has 3 fully saturated rings. The van der Waals surface area contributed by atoms with E-state index in [-0.39, 0.29) is 5.60 Å². The van der Waals surface area contributed by atoms with Crippen LogP contribution in [0.3, 0.4) is 0 Å². The van der Waals surface area contributed by atoms with Crippen molar-refractivity contribution in [1.82, 2.24) is 0 Å². The smallest absolute Gasteiger partial charge is 0.136 e. The maximum atomic E-state index is 12.4. The molecule has 18 heavy (non-hydrogen) atoms. The fourth-order valence-electron chi connectivity index (χ4n) is 4.06. The molecule has 2 heteroatoms. The van der Waals surface area contributed by atoms with E-state index >= 15 is 0 Å². The normalized spacial score (nSPS) is 32.1. The zero-order chi connectivity index (χ0) is 12.4. The van der Waals surface area contributed by atoms with Crippen molar-refractivity contribution in [2.45, 2.75) is 76.2 Å². The molecule has 2 aliphatic carbocycles. The Hall–Kier alpha value is -0.370. The summed E-state index contributed by atoms with van der Waals surface area (Å²) in [6.07, 6.45) is 13.2. The molecular formula is C16H26O2. The standard InChI is InChI=1S/C16H26O2/c17-15(11-13-5-2-1-3-6-13)14-7-10-18-16(12-14)8-4-9-16/h13-14H,1-12H2. The quantitative estimate of drug-likeness (QED) is 0.760. The van der Waals surface area contributed by atoms with Crippen molar-refractivity contribution in [1.29, 1.82) is 0 Å². The first-order chi connectivity index (χ1) is 8.77. The Bertz CT molecular complexity index is 300. The van der Waals surface area contributed by atoms with E-state index in [9.17, 15) is 4.79 Å². The Kier molecular flexibility index (Phi) is 3.74. The third kappa shape index (κ3) is 2.64. The molecular weight excluding hydrogens is 224 g/mol. The van der Waals surface area contributed by atoms with Crippen LogP contribution in [0, 0.1) is 11.8 Å². The van der Waals surface area contributed by atoms with Crippen LogP contribution in [0.4, 0.5) is 0 Å². The van der Waals surface area contributed by atoms with Gasteiger partial charge in [-0.1, -0.05) is 32.1 Å². The van der Waals surface area contributed by atoms with E-state index in [4.69, 9.17) is 4.74 Å². The first-order valence-corrected chi connectivity index (χ1v) is 7.94. The lowest BCUT2D eigenvalue weighted by Gasteiger charge is -2.47. The lowest BCUT2D eigenvalue weighted by molar-refractivity contribution is -0.156. The molecule has 1 heterocycles. The number of carbonyl (C=O) groups excluding carboxylic acids is 1. The lowest BCUT2D eigenvalue weighted by Crippen LogP contribution is -2.47. The van der Waals surface area contributed by atoms with Crippen molar-refractivity contribution in [3.05, 3.63) is 0 Å². The first-order valence-electron chi connectivity index (χ1n) is 7.94. The van der Waals surface area contributed by atoms with Crippen LogP contribution in [0.5, 0.6) is 0 Å². The zero-order valence-electron chi connectivity index (χ0n) is 11.5. The van der Waals surface area contributed by atoms with Gasteiger partial charge in [-0.15, -0.1) is 0 Å². The van der Waals surface area contributed by atoms with Gasteiger partial charge in [0.1, 0.15) is 5.78 Å². The van der Waals surface area contributed by atoms with Crippen molar-refractivity contribution in [2.24, 2.45) is 11.8 Å². The summed E-state index contributed by atoms with van der Waals surface area (Å²) in [4.78, 5) is 12.4. The largest absolute Gasteiger partial charge is 0.375 e. The molecule has 102 valence electrons. The van der Waals surface area contributed by atoms with Gasteiger partial charge in [0.05, 0.1) is 5.60 Å². The Morgan fingerprint density at radius 2 is 1.83 bits per heavy atom. The van der Waals surface area contributed by atoms with Crippen molar-refractivity contribution in [3.63, 3.8) is 0 Å². The van der Waals surface area contributed by atoms with Crippen LogP contribution in [0.25, 0.3) is 0 Å². The topological polar surface area (TPSA) is 26.3 Å². The molecule has 1 saturated heterocycles. The highest BCUT2D eigenvalue weighted by Gasteiger charge is 2.44. The van der Waals surface area contributed by atoms with Crippen LogP contribution in [-0.2, 0) is 9.53 Å². The minimum atomic E-state index is 0.130. The van der Waals surface area contributed by atoms with Gasteiger partial charge in [-0.2, -0.15) is 0 Å². The summed E-state index contributed by atoms with van der Waals surface area (Å²) in [6, 6.07) is 0. The molecule has 0 aromatic heterocycles. The molecule has 0 bridgehead atoms. The summed E-state index contributed by atoms with van der Waals surface area (Å²) in [5, 5.41) is 0. The highest BCUT2D eigenvalue weighted by Crippen LogP contribution is 2.45. The molecule has 1 unspecified atom stereocenters. The third-order valence-electron chi connectivity index (χ3n) is 5.43. The number of carbonyl (C=O) groups is 1. The fraction of sp³-hybridized carbons (Fsp3) is 0.938. The van der Waals surface area contributed by atoms with Gasteiger partial charge in [-0.25, -0.2) is 0 Å². The molecule has 1 atom stereocenters. The minimum absolute atomic E-state index is 0.130. The van der Waals surface area contributed by atoms with E-state index in [1.54, 1.807) is 0 Å². The Labute approximate surface area is 110 Å². The molecule has 0 aromatic rings. The van der Waals surface area contributed by atoms with Crippen LogP contribution in [0.1, 0.15) is 70.6 Å². The average Bonchev–Trinajstić information content (AvgIpc) is 2.38. The van der Waals surface area contributed by atoms with Crippen LogP contribution in [0.15, 0.2) is 0 Å². The summed E-state index contributed by atoms with van der Waals surface area (Å²) >= 11 is 0. The molecule has 0 aromatic carbocycles. The summed E-state index contributed by atoms with van der Waals surface area (Å²) in [6.45, 7) is 0.821. The maximum absolute atomic E-state index is 12.4. The number of ketones is 1. The van der Waals surface area contributed by atoms with Crippen LogP contribution >= 0.6 is 0 Å². The molecule has 1 spiro atoms. The van der Waals surface area contributed by atoms with E-state index in [1.165, 1.54) is 51.4 Å². The molecule has 3 aliphatic rings. The molecule has 0 amide bonds. The highest BCUT2D eigenvalue weighted by atomic mass is 16.5. The third-order valence-corrected chi connectivity index (χ3v) is 5.43. The van der Waals surface area contributed by atoms with Gasteiger partial charge < -0.3 is 4.74 Å². The maximum Gasteiger partial charge on any atom is 0.136 e. The molecule has 2 nitrogen and oxygen atoms in total. The first kappa shape index (κ1) is 12.7. The molecule has 3 rings (SSSR count). The molecule has 2 saturated carbocycles. The van der Waals surface area contributed by atoms with E-state index in [2.05, 4.69) is 0 Å². The van der Waals surface area contributed by atoms with Crippen LogP contribution < -0.4 is 0 Å². The number of hydrogen-bond donors (Lipinski definition) is 0. The Morgan fingerprint density at radius 3 is 2.50 bits per heavy atom. The van der Waals surface area contributed by atoms with E-state index in [1.807, 2.05) is 0 Å². The SMILES string of the molecule is O=C(CC1CCCCC1)C1CCOC2(CCC2)C1. The van der Waals surface area contributed by atoms with Crippen molar-refractivity contribution in [3.8, 4) is 0 Å². The second-order valence-corrected chi connectivity index (χ2v) is 6.75. The molecule has 0 N–H and O–H groups in total. The van der Waals surface area contributed by atoms with Crippen molar-refractivity contribution in [2.75, 3.05) is 6.61 Å². The molecule has 0 radical (unpaired) electrons. The van der Waals surface area contributed by atoms with Crippen molar-refractivity contribution >= 4 is 5.78 Å². The van der Waals surface area contributed by atoms with E-state index in [0.29, 0.717) is 17.6 Å². The monoisotopic (exact) mass is 250 g/mol. The second-order valence-electron chi connectivity index (χ2n) is 6.75. The summed E-state index contributed by atoms with van der Waals surface area (Å²) in [5.74, 6) is 1.57. The van der Waals surface area contributed by atoms with E-state index in [0.717, 1.165) is 25.9 Å². The van der Waals surface area contributed by atoms with Gasteiger partial charge in [0.2, 0.25) is 0 Å². The summed E-state index contributed by atoms with van der Waals surface area (Å²) in [5.41, 5.74) is 0.130. The number of rotatable bonds is 3. The number of ether oxygens (including phenoxy) is 1. The highest BCUT2D eigenvalue weighted by molar-refractivity contribution is 5.81. The summed E-state index contributed by atoms with van der Waals surface area (Å²) < 4.78 is 5.92. The van der Waals surface area contributed by atoms with Gasteiger partial charge in [-0.3, -0.25) is 4.79 Å². The summed E-state index contributed by atoms with van der Waals surface area (Å²) in [7, 11) is 0. The Morgan fingerprint density at radius 1 is 1.06 bits per heavy atom. The average molecular weight is 250 g/mol. The zero-order valence-corrected chi connectivity index (χ0v) is 11.5. The van der Waals surface area contributed by atoms with E-state index < -0.39 is 0 Å². The Balaban J connectivity index is 1.51. The van der Waals surface area contributed by atoms with Crippen LogP contribution in [0.2, 0.25) is 0 Å². The predicted molar refractivity (Wildman–Crippen MR) is 71.5 cm³/mol. The van der Waals surface area contributed by atoms with Gasteiger partial charge in [0, 0.05) is 18.9 Å². The number of Topliss-reactive ketones (excluding diaryl/α,β-unsaturated/α-hetero) is 1. The second kappa shape index (κ2) is 5.32.